The first-order chi connectivity index (χ1) is 20.9. The van der Waals surface area contributed by atoms with E-state index in [-0.39, 0.29) is 39.0 Å². The van der Waals surface area contributed by atoms with Crippen LogP contribution in [0.1, 0.15) is 56.6 Å². The highest BCUT2D eigenvalue weighted by Gasteiger charge is 2.23. The van der Waals surface area contributed by atoms with Crippen molar-refractivity contribution in [3.63, 3.8) is 0 Å². The highest BCUT2D eigenvalue weighted by Crippen LogP contribution is 2.31. The van der Waals surface area contributed by atoms with Gasteiger partial charge in [-0.2, -0.15) is 0 Å². The fraction of sp³-hybridized carbons (Fsp3) is 0.290. The van der Waals surface area contributed by atoms with E-state index in [0.29, 0.717) is 17.7 Å². The van der Waals surface area contributed by atoms with Crippen molar-refractivity contribution in [3.8, 4) is 11.1 Å². The van der Waals surface area contributed by atoms with Gasteiger partial charge in [0, 0.05) is 19.0 Å². The van der Waals surface area contributed by atoms with E-state index >= 15 is 0 Å². The third kappa shape index (κ3) is 7.29. The van der Waals surface area contributed by atoms with Gasteiger partial charge >= 0.3 is 6.09 Å². The quantitative estimate of drug-likeness (QED) is 0.205. The molecule has 44 heavy (non-hydrogen) atoms. The number of anilines is 2. The Hall–Kier alpha value is -4.62. The number of carbonyl (C=O) groups excluding carboxylic acids is 2. The van der Waals surface area contributed by atoms with Gasteiger partial charge in [-0.3, -0.25) is 10.1 Å². The molecular formula is C31H33FN6O5S. The van der Waals surface area contributed by atoms with Crippen LogP contribution in [0.2, 0.25) is 0 Å². The van der Waals surface area contributed by atoms with Crippen LogP contribution in [-0.4, -0.2) is 43.0 Å². The number of amides is 2. The zero-order valence-corrected chi connectivity index (χ0v) is 25.3. The monoisotopic (exact) mass is 620 g/mol. The average molecular weight is 621 g/mol. The topological polar surface area (TPSA) is 148 Å². The van der Waals surface area contributed by atoms with Crippen molar-refractivity contribution in [2.75, 3.05) is 17.2 Å². The number of nitrogens with zero attached hydrogens (tertiary/aromatic N) is 3. The Balaban J connectivity index is 1.37. The predicted molar refractivity (Wildman–Crippen MR) is 162 cm³/mol. The lowest BCUT2D eigenvalue weighted by Gasteiger charge is -2.23. The Bertz CT molecular complexity index is 1760. The van der Waals surface area contributed by atoms with E-state index in [1.807, 2.05) is 0 Å². The molecule has 11 nitrogen and oxygen atoms in total. The molecule has 1 saturated heterocycles. The number of hydrogen-bond acceptors (Lipinski definition) is 8. The van der Waals surface area contributed by atoms with E-state index < -0.39 is 27.3 Å². The molecule has 2 aromatic carbocycles. The summed E-state index contributed by atoms with van der Waals surface area (Å²) in [4.78, 5) is 34.1. The van der Waals surface area contributed by atoms with Crippen molar-refractivity contribution in [1.82, 2.24) is 14.5 Å². The molecule has 0 radical (unpaired) electrons. The highest BCUT2D eigenvalue weighted by atomic mass is 32.2. The Labute approximate surface area is 254 Å². The van der Waals surface area contributed by atoms with Crippen LogP contribution in [0.4, 0.5) is 20.6 Å². The number of halogens is 1. The van der Waals surface area contributed by atoms with Gasteiger partial charge in [-0.1, -0.05) is 18.2 Å². The summed E-state index contributed by atoms with van der Waals surface area (Å²) in [6.07, 6.45) is 6.15. The second kappa shape index (κ2) is 12.5. The summed E-state index contributed by atoms with van der Waals surface area (Å²) in [5.41, 5.74) is 1.27. The molecular weight excluding hydrogens is 587 g/mol. The molecule has 0 aliphatic carbocycles. The first-order valence-corrected chi connectivity index (χ1v) is 15.6. The Kier molecular flexibility index (Phi) is 8.79. The summed E-state index contributed by atoms with van der Waals surface area (Å²) in [6, 6.07) is 13.6. The van der Waals surface area contributed by atoms with Crippen molar-refractivity contribution >= 4 is 33.1 Å². The fourth-order valence-electron chi connectivity index (χ4n) is 4.56. The minimum absolute atomic E-state index is 0.0468. The van der Waals surface area contributed by atoms with E-state index in [4.69, 9.17) is 14.3 Å². The number of ether oxygens (including phenoxy) is 2. The molecule has 0 bridgehead atoms. The van der Waals surface area contributed by atoms with Crippen molar-refractivity contribution in [2.24, 2.45) is 0 Å². The molecule has 1 aliphatic rings. The maximum Gasteiger partial charge on any atom is 0.412 e. The van der Waals surface area contributed by atoms with Crippen LogP contribution in [-0.2, 0) is 19.2 Å². The van der Waals surface area contributed by atoms with Crippen LogP contribution < -0.4 is 10.6 Å². The Morgan fingerprint density at radius 1 is 1.00 bits per heavy atom. The summed E-state index contributed by atoms with van der Waals surface area (Å²) in [6.45, 7) is 5.83. The lowest BCUT2D eigenvalue weighted by atomic mass is 10.0. The lowest BCUT2D eigenvalue weighted by molar-refractivity contribution is -0.0321. The number of imidazole rings is 1. The van der Waals surface area contributed by atoms with Crippen LogP contribution in [0.25, 0.3) is 11.1 Å². The maximum absolute atomic E-state index is 13.5. The van der Waals surface area contributed by atoms with Crippen molar-refractivity contribution < 1.29 is 27.7 Å². The molecule has 2 amide bonds. The van der Waals surface area contributed by atoms with E-state index in [2.05, 4.69) is 20.6 Å². The molecule has 1 fully saturated rings. The van der Waals surface area contributed by atoms with Gasteiger partial charge in [-0.05, 0) is 87.6 Å². The highest BCUT2D eigenvalue weighted by molar-refractivity contribution is 7.92. The van der Waals surface area contributed by atoms with Gasteiger partial charge in [0.2, 0.25) is 0 Å². The summed E-state index contributed by atoms with van der Waals surface area (Å²) >= 11 is 0. The second-order valence-electron chi connectivity index (χ2n) is 11.3. The summed E-state index contributed by atoms with van der Waals surface area (Å²) < 4.78 is 48.3. The number of aromatic nitrogens is 3. The van der Waals surface area contributed by atoms with E-state index in [0.717, 1.165) is 19.3 Å². The fourth-order valence-corrected chi connectivity index (χ4v) is 5.70. The zero-order chi connectivity index (χ0) is 31.5. The van der Waals surface area contributed by atoms with Gasteiger partial charge in [0.1, 0.15) is 32.4 Å². The van der Waals surface area contributed by atoms with Gasteiger partial charge in [0.25, 0.3) is 5.91 Å². The molecule has 230 valence electrons. The van der Waals surface area contributed by atoms with Crippen LogP contribution in [0.15, 0.2) is 83.4 Å². The number of carbonyl (C=O) groups is 2. The second-order valence-corrected chi connectivity index (χ2v) is 13.2. The number of benzene rings is 2. The largest absolute Gasteiger partial charge is 0.444 e. The van der Waals surface area contributed by atoms with Crippen LogP contribution in [0, 0.1) is 10.6 Å². The maximum atomic E-state index is 13.5. The lowest BCUT2D eigenvalue weighted by Crippen LogP contribution is -2.27. The molecule has 3 N–H and O–H groups in total. The molecule has 3 heterocycles. The number of pyridine rings is 1. The molecule has 5 rings (SSSR count). The first kappa shape index (κ1) is 30.8. The number of hydrogen-bond donors (Lipinski definition) is 3. The van der Waals surface area contributed by atoms with Gasteiger partial charge in [0.15, 0.2) is 5.03 Å². The van der Waals surface area contributed by atoms with Gasteiger partial charge < -0.3 is 19.4 Å². The van der Waals surface area contributed by atoms with E-state index in [9.17, 15) is 18.2 Å². The molecule has 13 heteroatoms. The van der Waals surface area contributed by atoms with Gasteiger partial charge in [-0.25, -0.2) is 28.1 Å². The zero-order valence-electron chi connectivity index (χ0n) is 24.5. The van der Waals surface area contributed by atoms with Gasteiger partial charge in [-0.15, -0.1) is 0 Å². The SMILES string of the molecule is CC(C)(C)OC(=O)Nc1ccc(-c2ccc(F)cc2)cc1NC(=O)c1ccc(S(=N)(=O)c2cn(C3CCCCO3)cn2)nc1. The third-order valence-corrected chi connectivity index (χ3v) is 8.36. The van der Waals surface area contributed by atoms with Crippen LogP contribution in [0.5, 0.6) is 0 Å². The van der Waals surface area contributed by atoms with E-state index in [1.165, 1.54) is 36.8 Å². The summed E-state index contributed by atoms with van der Waals surface area (Å²) in [7, 11) is -3.55. The Morgan fingerprint density at radius 3 is 2.41 bits per heavy atom. The van der Waals surface area contributed by atoms with Crippen LogP contribution >= 0.6 is 0 Å². The third-order valence-electron chi connectivity index (χ3n) is 6.73. The first-order valence-electron chi connectivity index (χ1n) is 14.0. The minimum atomic E-state index is -3.55. The molecule has 2 atom stereocenters. The summed E-state index contributed by atoms with van der Waals surface area (Å²) in [5, 5.41) is 5.43. The molecule has 4 aromatic rings. The Morgan fingerprint density at radius 2 is 1.75 bits per heavy atom. The normalized spacial score (nSPS) is 16.5. The smallest absolute Gasteiger partial charge is 0.412 e. The van der Waals surface area contributed by atoms with Crippen molar-refractivity contribution in [3.05, 3.63) is 84.7 Å². The standard InChI is InChI=1S/C31H33FN6O5S/c1-31(2,3)43-30(40)37-24-13-9-21(20-7-11-23(32)12-8-20)16-25(24)36-29(39)22-10-14-26(34-17-22)44(33,41)27-18-38(19-35-27)28-6-4-5-15-42-28/h7-14,16-19,28,33H,4-6,15H2,1-3H3,(H,36,39)(H,37,40). The van der Waals surface area contributed by atoms with E-state index in [1.54, 1.807) is 61.9 Å². The predicted octanol–water partition coefficient (Wildman–Crippen LogP) is 6.85. The van der Waals surface area contributed by atoms with Crippen molar-refractivity contribution in [2.45, 2.75) is 61.9 Å². The molecule has 2 unspecified atom stereocenters. The van der Waals surface area contributed by atoms with Gasteiger partial charge in [0.05, 0.1) is 23.3 Å². The number of rotatable bonds is 7. The molecule has 0 spiro atoms. The molecule has 0 saturated carbocycles. The summed E-state index contributed by atoms with van der Waals surface area (Å²) in [5.74, 6) is -0.951. The minimum Gasteiger partial charge on any atom is -0.444 e. The molecule has 1 aliphatic heterocycles. The molecule has 2 aromatic heterocycles. The number of nitrogens with one attached hydrogen (secondary N) is 3. The average Bonchev–Trinajstić information content (AvgIpc) is 3.50. The van der Waals surface area contributed by atoms with Crippen molar-refractivity contribution in [1.29, 1.82) is 4.78 Å². The van der Waals surface area contributed by atoms with Crippen LogP contribution in [0.3, 0.4) is 0 Å².